The summed E-state index contributed by atoms with van der Waals surface area (Å²) in [6.07, 6.45) is 1.14. The third kappa shape index (κ3) is 5.00. The summed E-state index contributed by atoms with van der Waals surface area (Å²) in [6.45, 7) is 4.75. The first-order valence-corrected chi connectivity index (χ1v) is 12.3. The first kappa shape index (κ1) is 23.5. The van der Waals surface area contributed by atoms with Gasteiger partial charge in [0, 0.05) is 29.9 Å². The maximum Gasteiger partial charge on any atom is 0.415 e. The third-order valence-electron chi connectivity index (χ3n) is 4.65. The van der Waals surface area contributed by atoms with Crippen molar-refractivity contribution >= 4 is 71.2 Å². The van der Waals surface area contributed by atoms with Gasteiger partial charge in [-0.2, -0.15) is 0 Å². The molecule has 0 saturated heterocycles. The van der Waals surface area contributed by atoms with Crippen LogP contribution in [0, 0.1) is 0 Å². The lowest BCUT2D eigenvalue weighted by Gasteiger charge is -2.19. The Morgan fingerprint density at radius 1 is 1.16 bits per heavy atom. The number of anilines is 1. The van der Waals surface area contributed by atoms with Crippen LogP contribution in [0.2, 0.25) is 0 Å². The molecule has 11 heteroatoms. The molecule has 0 radical (unpaired) electrons. The van der Waals surface area contributed by atoms with Gasteiger partial charge < -0.3 is 15.0 Å². The van der Waals surface area contributed by atoms with E-state index in [0.717, 1.165) is 0 Å². The van der Waals surface area contributed by atoms with E-state index in [1.54, 1.807) is 18.2 Å². The topological polar surface area (TPSA) is 119 Å². The molecule has 0 unspecified atom stereocenters. The number of amides is 2. The van der Waals surface area contributed by atoms with E-state index in [0.29, 0.717) is 44.6 Å². The third-order valence-corrected chi connectivity index (χ3v) is 6.73. The first-order chi connectivity index (χ1) is 14.5. The second kappa shape index (κ2) is 9.11. The van der Waals surface area contributed by atoms with Crippen molar-refractivity contribution in [3.8, 4) is 5.75 Å². The van der Waals surface area contributed by atoms with Crippen molar-refractivity contribution in [2.75, 3.05) is 18.4 Å². The zero-order valence-electron chi connectivity index (χ0n) is 16.6. The minimum Gasteiger partial charge on any atom is -0.408 e. The Hall–Kier alpha value is -2.21. The van der Waals surface area contributed by atoms with Crippen molar-refractivity contribution in [2.24, 2.45) is 5.14 Å². The molecule has 0 aromatic heterocycles. The Morgan fingerprint density at radius 2 is 1.77 bits per heavy atom. The molecule has 1 aliphatic heterocycles. The average molecular weight is 573 g/mol. The summed E-state index contributed by atoms with van der Waals surface area (Å²) < 4.78 is 29.9. The number of fused-ring (bicyclic) bond motifs is 1. The molecule has 0 spiro atoms. The average Bonchev–Trinajstić information content (AvgIpc) is 2.99. The maximum atomic E-state index is 12.5. The van der Waals surface area contributed by atoms with Gasteiger partial charge in [-0.25, -0.2) is 18.4 Å². The van der Waals surface area contributed by atoms with Crippen LogP contribution in [0.3, 0.4) is 0 Å². The largest absolute Gasteiger partial charge is 0.415 e. The molecule has 2 amide bonds. The Balaban J connectivity index is 1.99. The van der Waals surface area contributed by atoms with Gasteiger partial charge >= 0.3 is 6.09 Å². The number of nitrogens with one attached hydrogen (secondary N) is 1. The fraction of sp³-hybridized carbons (Fsp3) is 0.200. The van der Waals surface area contributed by atoms with E-state index in [1.165, 1.54) is 23.1 Å². The van der Waals surface area contributed by atoms with E-state index in [-0.39, 0.29) is 16.4 Å². The lowest BCUT2D eigenvalue weighted by Crippen LogP contribution is -2.33. The molecule has 2 aromatic rings. The number of nitrogens with two attached hydrogens (primary N) is 1. The van der Waals surface area contributed by atoms with E-state index in [1.807, 2.05) is 13.8 Å². The van der Waals surface area contributed by atoms with Gasteiger partial charge in [-0.1, -0.05) is 0 Å². The Labute approximate surface area is 196 Å². The smallest absolute Gasteiger partial charge is 0.408 e. The highest BCUT2D eigenvalue weighted by Crippen LogP contribution is 2.38. The number of ether oxygens (including phenoxy) is 1. The summed E-state index contributed by atoms with van der Waals surface area (Å²) in [6, 6.07) is 7.58. The standard InChI is InChI=1S/C20H19Br2N3O5S/c1-3-25(4-2)20(27)30-18-15(21)8-11(9-16(18)22)7-14-13-10-12(31(23,28)29)5-6-17(13)24-19(14)26/h5-10H,3-4H2,1-2H3,(H,24,26)(H2,23,28,29)/b14-7-. The van der Waals surface area contributed by atoms with Gasteiger partial charge in [0.2, 0.25) is 10.0 Å². The van der Waals surface area contributed by atoms with Gasteiger partial charge in [-0.3, -0.25) is 4.79 Å². The van der Waals surface area contributed by atoms with E-state index < -0.39 is 16.1 Å². The quantitative estimate of drug-likeness (QED) is 0.521. The van der Waals surface area contributed by atoms with Crippen molar-refractivity contribution in [1.82, 2.24) is 4.90 Å². The second-order valence-corrected chi connectivity index (χ2v) is 9.89. The van der Waals surface area contributed by atoms with Crippen molar-refractivity contribution < 1.29 is 22.7 Å². The number of carbonyl (C=O) groups is 2. The van der Waals surface area contributed by atoms with Crippen LogP contribution in [0.1, 0.15) is 25.0 Å². The van der Waals surface area contributed by atoms with Crippen molar-refractivity contribution in [3.05, 3.63) is 50.4 Å². The molecule has 164 valence electrons. The van der Waals surface area contributed by atoms with E-state index in [4.69, 9.17) is 9.88 Å². The summed E-state index contributed by atoms with van der Waals surface area (Å²) in [5.41, 5.74) is 1.83. The van der Waals surface area contributed by atoms with Crippen LogP contribution >= 0.6 is 31.9 Å². The molecule has 0 bridgehead atoms. The van der Waals surface area contributed by atoms with Crippen molar-refractivity contribution in [3.63, 3.8) is 0 Å². The fourth-order valence-electron chi connectivity index (χ4n) is 3.05. The minimum atomic E-state index is -3.91. The number of benzene rings is 2. The summed E-state index contributed by atoms with van der Waals surface area (Å²) in [5, 5.41) is 7.91. The summed E-state index contributed by atoms with van der Waals surface area (Å²) in [4.78, 5) is 26.2. The summed E-state index contributed by atoms with van der Waals surface area (Å²) in [5.74, 6) is -0.0577. The number of hydrogen-bond acceptors (Lipinski definition) is 5. The highest BCUT2D eigenvalue weighted by Gasteiger charge is 2.26. The number of rotatable bonds is 5. The van der Waals surface area contributed by atoms with Gasteiger partial charge in [0.05, 0.1) is 13.8 Å². The zero-order chi connectivity index (χ0) is 22.9. The zero-order valence-corrected chi connectivity index (χ0v) is 20.6. The number of primary sulfonamides is 1. The highest BCUT2D eigenvalue weighted by atomic mass is 79.9. The number of nitrogens with zero attached hydrogens (tertiary/aromatic N) is 1. The van der Waals surface area contributed by atoms with Crippen molar-refractivity contribution in [2.45, 2.75) is 18.7 Å². The molecule has 3 N–H and O–H groups in total. The molecule has 0 fully saturated rings. The molecular formula is C20H19Br2N3O5S. The molecule has 8 nitrogen and oxygen atoms in total. The Kier molecular flexibility index (Phi) is 6.89. The molecule has 1 heterocycles. The number of sulfonamides is 1. The molecule has 2 aromatic carbocycles. The second-order valence-electron chi connectivity index (χ2n) is 6.62. The van der Waals surface area contributed by atoms with Gasteiger partial charge in [0.15, 0.2) is 5.75 Å². The number of carbonyl (C=O) groups excluding carboxylic acids is 2. The predicted octanol–water partition coefficient (Wildman–Crippen LogP) is 4.19. The van der Waals surface area contributed by atoms with Crippen LogP contribution < -0.4 is 15.2 Å². The van der Waals surface area contributed by atoms with Crippen LogP contribution in [-0.4, -0.2) is 38.4 Å². The predicted molar refractivity (Wildman–Crippen MR) is 125 cm³/mol. The monoisotopic (exact) mass is 571 g/mol. The first-order valence-electron chi connectivity index (χ1n) is 9.21. The molecule has 31 heavy (non-hydrogen) atoms. The molecule has 0 aliphatic carbocycles. The van der Waals surface area contributed by atoms with Crippen LogP contribution in [0.25, 0.3) is 11.6 Å². The van der Waals surface area contributed by atoms with E-state index >= 15 is 0 Å². The Bertz CT molecular complexity index is 1180. The highest BCUT2D eigenvalue weighted by molar-refractivity contribution is 9.11. The Morgan fingerprint density at radius 3 is 2.32 bits per heavy atom. The van der Waals surface area contributed by atoms with Gasteiger partial charge in [0.25, 0.3) is 5.91 Å². The van der Waals surface area contributed by atoms with E-state index in [9.17, 15) is 18.0 Å². The number of hydrogen-bond donors (Lipinski definition) is 2. The minimum absolute atomic E-state index is 0.0883. The molecule has 3 rings (SSSR count). The molecule has 0 atom stereocenters. The van der Waals surface area contributed by atoms with E-state index in [2.05, 4.69) is 37.2 Å². The molecule has 1 aliphatic rings. The lowest BCUT2D eigenvalue weighted by molar-refractivity contribution is -0.110. The van der Waals surface area contributed by atoms with Gasteiger partial charge in [-0.05, 0) is 87.7 Å². The molecular weight excluding hydrogens is 554 g/mol. The van der Waals surface area contributed by atoms with Crippen LogP contribution in [-0.2, 0) is 14.8 Å². The van der Waals surface area contributed by atoms with Crippen LogP contribution in [0.4, 0.5) is 10.5 Å². The SMILES string of the molecule is CCN(CC)C(=O)Oc1c(Br)cc(/C=C2\C(=O)Nc3ccc(S(N)(=O)=O)cc32)cc1Br. The van der Waals surface area contributed by atoms with Gasteiger partial charge in [0.1, 0.15) is 0 Å². The van der Waals surface area contributed by atoms with Crippen LogP contribution in [0.5, 0.6) is 5.75 Å². The summed E-state index contributed by atoms with van der Waals surface area (Å²) >= 11 is 6.80. The summed E-state index contributed by atoms with van der Waals surface area (Å²) in [7, 11) is -3.91. The van der Waals surface area contributed by atoms with Gasteiger partial charge in [-0.15, -0.1) is 0 Å². The maximum absolute atomic E-state index is 12.5. The number of halogens is 2. The fourth-order valence-corrected chi connectivity index (χ4v) is 4.97. The van der Waals surface area contributed by atoms with Crippen LogP contribution in [0.15, 0.2) is 44.2 Å². The molecule has 0 saturated carbocycles. The lowest BCUT2D eigenvalue weighted by atomic mass is 10.0. The normalized spacial score (nSPS) is 14.4. The van der Waals surface area contributed by atoms with Crippen molar-refractivity contribution in [1.29, 1.82) is 0 Å².